The summed E-state index contributed by atoms with van der Waals surface area (Å²) in [4.78, 5) is 14.7. The van der Waals surface area contributed by atoms with Gasteiger partial charge in [0.2, 0.25) is 0 Å². The number of ether oxygens (including phenoxy) is 1. The van der Waals surface area contributed by atoms with Gasteiger partial charge in [0.05, 0.1) is 18.7 Å². The van der Waals surface area contributed by atoms with Crippen LogP contribution in [0.3, 0.4) is 0 Å². The minimum absolute atomic E-state index is 0.00868. The quantitative estimate of drug-likeness (QED) is 0.875. The second-order valence-corrected chi connectivity index (χ2v) is 6.19. The van der Waals surface area contributed by atoms with Crippen LogP contribution in [0.15, 0.2) is 48.5 Å². The van der Waals surface area contributed by atoms with Crippen LogP contribution < -0.4 is 10.1 Å². The summed E-state index contributed by atoms with van der Waals surface area (Å²) in [6.45, 7) is 2.38. The molecule has 1 N–H and O–H groups in total. The van der Waals surface area contributed by atoms with E-state index in [-0.39, 0.29) is 11.6 Å². The van der Waals surface area contributed by atoms with Gasteiger partial charge in [0.25, 0.3) is 5.91 Å². The maximum Gasteiger partial charge on any atom is 0.254 e. The Labute approximate surface area is 147 Å². The summed E-state index contributed by atoms with van der Waals surface area (Å²) in [5.74, 6) is -0.0910. The maximum atomic E-state index is 13.8. The molecule has 3 rings (SSSR count). The highest BCUT2D eigenvalue weighted by molar-refractivity contribution is 5.94. The number of likely N-dealkylation sites (tertiary alicyclic amines) is 1. The highest BCUT2D eigenvalue weighted by Crippen LogP contribution is 2.31. The summed E-state index contributed by atoms with van der Waals surface area (Å²) < 4.78 is 19.3. The Hall–Kier alpha value is -2.40. The molecule has 1 aliphatic heterocycles. The third-order valence-corrected chi connectivity index (χ3v) is 4.65. The van der Waals surface area contributed by atoms with Crippen molar-refractivity contribution in [3.8, 4) is 5.75 Å². The van der Waals surface area contributed by atoms with Gasteiger partial charge in [0.1, 0.15) is 11.6 Å². The fraction of sp³-hybridized carbons (Fsp3) is 0.350. The number of carbonyl (C=O) groups is 1. The Morgan fingerprint density at radius 2 is 1.84 bits per heavy atom. The summed E-state index contributed by atoms with van der Waals surface area (Å²) in [5, 5.41) is 2.89. The van der Waals surface area contributed by atoms with E-state index in [0.717, 1.165) is 37.2 Å². The van der Waals surface area contributed by atoms with Gasteiger partial charge in [0.15, 0.2) is 0 Å². The fourth-order valence-corrected chi connectivity index (χ4v) is 3.36. The van der Waals surface area contributed by atoms with Gasteiger partial charge in [-0.05, 0) is 44.1 Å². The number of halogens is 1. The molecule has 1 fully saturated rings. The largest absolute Gasteiger partial charge is 0.496 e. The van der Waals surface area contributed by atoms with E-state index in [2.05, 4.69) is 10.2 Å². The van der Waals surface area contributed by atoms with E-state index >= 15 is 0 Å². The van der Waals surface area contributed by atoms with E-state index < -0.39 is 11.7 Å². The van der Waals surface area contributed by atoms with Gasteiger partial charge >= 0.3 is 0 Å². The Morgan fingerprint density at radius 3 is 2.56 bits per heavy atom. The molecule has 0 aliphatic carbocycles. The summed E-state index contributed by atoms with van der Waals surface area (Å²) in [7, 11) is 1.65. The van der Waals surface area contributed by atoms with Crippen molar-refractivity contribution in [3.05, 3.63) is 65.5 Å². The number of rotatable bonds is 6. The Morgan fingerprint density at radius 1 is 1.16 bits per heavy atom. The van der Waals surface area contributed by atoms with Crippen LogP contribution in [0.25, 0.3) is 0 Å². The molecule has 1 heterocycles. The highest BCUT2D eigenvalue weighted by Gasteiger charge is 2.26. The van der Waals surface area contributed by atoms with Crippen LogP contribution >= 0.6 is 0 Å². The van der Waals surface area contributed by atoms with E-state index in [1.54, 1.807) is 19.2 Å². The zero-order valence-electron chi connectivity index (χ0n) is 14.4. The van der Waals surface area contributed by atoms with Crippen molar-refractivity contribution in [2.75, 3.05) is 26.7 Å². The molecule has 25 heavy (non-hydrogen) atoms. The summed E-state index contributed by atoms with van der Waals surface area (Å²) in [6, 6.07) is 13.9. The predicted octanol–water partition coefficient (Wildman–Crippen LogP) is 3.40. The van der Waals surface area contributed by atoms with E-state index in [1.807, 2.05) is 24.3 Å². The zero-order chi connectivity index (χ0) is 17.6. The second-order valence-electron chi connectivity index (χ2n) is 6.19. The van der Waals surface area contributed by atoms with Crippen LogP contribution in [0, 0.1) is 5.82 Å². The third-order valence-electron chi connectivity index (χ3n) is 4.65. The first-order valence-corrected chi connectivity index (χ1v) is 8.60. The van der Waals surface area contributed by atoms with Crippen molar-refractivity contribution in [2.45, 2.75) is 18.9 Å². The lowest BCUT2D eigenvalue weighted by atomic mass is 10.0. The number of hydrogen-bond donors (Lipinski definition) is 1. The average Bonchev–Trinajstić information content (AvgIpc) is 3.17. The lowest BCUT2D eigenvalue weighted by molar-refractivity contribution is 0.0933. The van der Waals surface area contributed by atoms with Gasteiger partial charge in [-0.1, -0.05) is 30.3 Å². The Balaban J connectivity index is 1.79. The molecule has 1 atom stereocenters. The standard InChI is InChI=1S/C20H23FN2O2/c1-25-19-11-5-3-9-16(19)18(23-12-6-7-13-23)14-22-20(24)15-8-2-4-10-17(15)21/h2-5,8-11,18H,6-7,12-14H2,1H3,(H,22,24)/t18-/m0/s1. The highest BCUT2D eigenvalue weighted by atomic mass is 19.1. The number of hydrogen-bond acceptors (Lipinski definition) is 3. The lowest BCUT2D eigenvalue weighted by Crippen LogP contribution is -2.37. The summed E-state index contributed by atoms with van der Waals surface area (Å²) in [5.41, 5.74) is 1.11. The number of nitrogens with one attached hydrogen (secondary N) is 1. The zero-order valence-corrected chi connectivity index (χ0v) is 14.4. The van der Waals surface area contributed by atoms with Crippen molar-refractivity contribution >= 4 is 5.91 Å². The van der Waals surface area contributed by atoms with Crippen molar-refractivity contribution < 1.29 is 13.9 Å². The van der Waals surface area contributed by atoms with Crippen LogP contribution in [0.1, 0.15) is 34.8 Å². The molecule has 1 aliphatic rings. The number of amides is 1. The monoisotopic (exact) mass is 342 g/mol. The molecule has 132 valence electrons. The van der Waals surface area contributed by atoms with Crippen LogP contribution in [0.4, 0.5) is 4.39 Å². The molecule has 1 amide bonds. The fourth-order valence-electron chi connectivity index (χ4n) is 3.36. The first-order valence-electron chi connectivity index (χ1n) is 8.60. The maximum absolute atomic E-state index is 13.8. The van der Waals surface area contributed by atoms with Gasteiger partial charge in [0, 0.05) is 12.1 Å². The van der Waals surface area contributed by atoms with Crippen LogP contribution in [0.2, 0.25) is 0 Å². The summed E-state index contributed by atoms with van der Waals surface area (Å²) in [6.07, 6.45) is 2.29. The average molecular weight is 342 g/mol. The molecule has 4 nitrogen and oxygen atoms in total. The molecule has 0 spiro atoms. The van der Waals surface area contributed by atoms with E-state index in [4.69, 9.17) is 4.74 Å². The molecule has 0 radical (unpaired) electrons. The molecule has 0 bridgehead atoms. The SMILES string of the molecule is COc1ccccc1[C@H](CNC(=O)c1ccccc1F)N1CCCC1. The molecule has 2 aromatic rings. The second kappa shape index (κ2) is 8.12. The minimum Gasteiger partial charge on any atom is -0.496 e. The van der Waals surface area contributed by atoms with E-state index in [9.17, 15) is 9.18 Å². The molecule has 5 heteroatoms. The molecular formula is C20H23FN2O2. The topological polar surface area (TPSA) is 41.6 Å². The van der Waals surface area contributed by atoms with Gasteiger partial charge in [-0.3, -0.25) is 9.69 Å². The van der Waals surface area contributed by atoms with Crippen molar-refractivity contribution in [1.29, 1.82) is 0 Å². The van der Waals surface area contributed by atoms with Crippen molar-refractivity contribution in [3.63, 3.8) is 0 Å². The minimum atomic E-state index is -0.505. The Kier molecular flexibility index (Phi) is 5.66. The molecule has 1 saturated heterocycles. The summed E-state index contributed by atoms with van der Waals surface area (Å²) >= 11 is 0. The van der Waals surface area contributed by atoms with E-state index in [0.29, 0.717) is 6.54 Å². The first kappa shape index (κ1) is 17.4. The van der Waals surface area contributed by atoms with Crippen LogP contribution in [-0.2, 0) is 0 Å². The molecule has 0 saturated carbocycles. The smallest absolute Gasteiger partial charge is 0.254 e. The van der Waals surface area contributed by atoms with Gasteiger partial charge in [-0.2, -0.15) is 0 Å². The van der Waals surface area contributed by atoms with Crippen molar-refractivity contribution in [1.82, 2.24) is 10.2 Å². The Bertz CT molecular complexity index is 729. The van der Waals surface area contributed by atoms with E-state index in [1.165, 1.54) is 12.1 Å². The molecule has 2 aromatic carbocycles. The number of carbonyl (C=O) groups excluding carboxylic acids is 1. The first-order chi connectivity index (χ1) is 12.2. The van der Waals surface area contributed by atoms with Crippen LogP contribution in [-0.4, -0.2) is 37.6 Å². The van der Waals surface area contributed by atoms with Gasteiger partial charge in [-0.25, -0.2) is 4.39 Å². The number of methoxy groups -OCH3 is 1. The lowest BCUT2D eigenvalue weighted by Gasteiger charge is -2.29. The molecule has 0 unspecified atom stereocenters. The van der Waals surface area contributed by atoms with Gasteiger partial charge in [-0.15, -0.1) is 0 Å². The third kappa shape index (κ3) is 3.99. The molecule has 0 aromatic heterocycles. The van der Waals surface area contributed by atoms with Crippen LogP contribution in [0.5, 0.6) is 5.75 Å². The van der Waals surface area contributed by atoms with Crippen molar-refractivity contribution in [2.24, 2.45) is 0 Å². The van der Waals surface area contributed by atoms with Gasteiger partial charge < -0.3 is 10.1 Å². The normalized spacial score (nSPS) is 15.8. The molecular weight excluding hydrogens is 319 g/mol. The number of para-hydroxylation sites is 1. The number of benzene rings is 2. The predicted molar refractivity (Wildman–Crippen MR) is 95.3 cm³/mol. The number of nitrogens with zero attached hydrogens (tertiary/aromatic N) is 1.